The van der Waals surface area contributed by atoms with Gasteiger partial charge in [-0.15, -0.1) is 11.8 Å². The van der Waals surface area contributed by atoms with Crippen LogP contribution in [0.1, 0.15) is 64.7 Å². The van der Waals surface area contributed by atoms with Gasteiger partial charge in [0.2, 0.25) is 0 Å². The summed E-state index contributed by atoms with van der Waals surface area (Å²) in [6.45, 7) is 2.18. The molecule has 1 heterocycles. The Morgan fingerprint density at radius 1 is 1.13 bits per heavy atom. The van der Waals surface area contributed by atoms with Gasteiger partial charge in [0.1, 0.15) is 11.8 Å². The summed E-state index contributed by atoms with van der Waals surface area (Å²) in [5.41, 5.74) is -0.494. The van der Waals surface area contributed by atoms with Crippen LogP contribution in [-0.2, 0) is 4.79 Å². The van der Waals surface area contributed by atoms with Crippen LogP contribution in [0.2, 0.25) is 0 Å². The van der Waals surface area contributed by atoms with Gasteiger partial charge in [0.15, 0.2) is 0 Å². The fraction of sp³-hybridized carbons (Fsp3) is 0.778. The molecule has 4 nitrogen and oxygen atoms in total. The summed E-state index contributed by atoms with van der Waals surface area (Å²) < 4.78 is 0. The first-order valence-electron chi connectivity index (χ1n) is 8.74. The second kappa shape index (κ2) is 8.50. The van der Waals surface area contributed by atoms with Crippen molar-refractivity contribution in [3.05, 3.63) is 0 Å². The van der Waals surface area contributed by atoms with E-state index in [0.29, 0.717) is 5.04 Å². The molecule has 1 aliphatic carbocycles. The third-order valence-electron chi connectivity index (χ3n) is 5.15. The lowest BCUT2D eigenvalue weighted by Crippen LogP contribution is -2.48. The molecular weight excluding hydrogens is 306 g/mol. The molecule has 1 spiro atoms. The molecule has 2 atom stereocenters. The first-order chi connectivity index (χ1) is 11.2. The summed E-state index contributed by atoms with van der Waals surface area (Å²) in [6.07, 6.45) is 9.38. The highest BCUT2D eigenvalue weighted by molar-refractivity contribution is 8.14. The van der Waals surface area contributed by atoms with Crippen molar-refractivity contribution >= 4 is 22.7 Å². The van der Waals surface area contributed by atoms with E-state index in [1.54, 1.807) is 11.8 Å². The van der Waals surface area contributed by atoms with Crippen molar-refractivity contribution in [3.63, 3.8) is 0 Å². The van der Waals surface area contributed by atoms with Crippen LogP contribution in [0.5, 0.6) is 0 Å². The number of aliphatic imine (C=N–C) groups is 1. The normalized spacial score (nSPS) is 26.4. The van der Waals surface area contributed by atoms with Crippen LogP contribution in [0.4, 0.5) is 0 Å². The zero-order chi connectivity index (χ0) is 16.7. The SMILES string of the molecule is CCCCCCSC1=NC(=O)C(C#N)C2(CCCCC2)C1C#N. The molecule has 2 unspecified atom stereocenters. The summed E-state index contributed by atoms with van der Waals surface area (Å²) in [4.78, 5) is 16.5. The smallest absolute Gasteiger partial charge is 0.264 e. The highest BCUT2D eigenvalue weighted by Gasteiger charge is 2.54. The quantitative estimate of drug-likeness (QED) is 0.696. The fourth-order valence-corrected chi connectivity index (χ4v) is 5.04. The van der Waals surface area contributed by atoms with E-state index in [4.69, 9.17) is 0 Å². The van der Waals surface area contributed by atoms with E-state index in [1.807, 2.05) is 0 Å². The van der Waals surface area contributed by atoms with Crippen molar-refractivity contribution < 1.29 is 4.79 Å². The summed E-state index contributed by atoms with van der Waals surface area (Å²) in [5.74, 6) is -0.549. The Kier molecular flexibility index (Phi) is 6.66. The Balaban J connectivity index is 2.17. The summed E-state index contributed by atoms with van der Waals surface area (Å²) in [5, 5.41) is 19.9. The molecule has 1 aliphatic heterocycles. The summed E-state index contributed by atoms with van der Waals surface area (Å²) in [7, 11) is 0. The number of amides is 1. The zero-order valence-electron chi connectivity index (χ0n) is 13.9. The van der Waals surface area contributed by atoms with Gasteiger partial charge in [-0.3, -0.25) is 4.79 Å². The van der Waals surface area contributed by atoms with Crippen molar-refractivity contribution in [2.75, 3.05) is 5.75 Å². The molecule has 2 rings (SSSR count). The first kappa shape index (κ1) is 18.0. The minimum atomic E-state index is -0.739. The van der Waals surface area contributed by atoms with Crippen LogP contribution in [0.15, 0.2) is 4.99 Å². The van der Waals surface area contributed by atoms with Gasteiger partial charge in [0.05, 0.1) is 17.2 Å². The van der Waals surface area contributed by atoms with Crippen LogP contribution < -0.4 is 0 Å². The van der Waals surface area contributed by atoms with Gasteiger partial charge in [0.25, 0.3) is 5.91 Å². The maximum absolute atomic E-state index is 12.4. The number of nitrogens with zero attached hydrogens (tertiary/aromatic N) is 3. The predicted octanol–water partition coefficient (Wildman–Crippen LogP) is 4.47. The molecule has 5 heteroatoms. The molecule has 0 saturated heterocycles. The van der Waals surface area contributed by atoms with Crippen molar-refractivity contribution in [2.45, 2.75) is 64.7 Å². The Morgan fingerprint density at radius 2 is 1.83 bits per heavy atom. The minimum Gasteiger partial charge on any atom is -0.271 e. The second-order valence-corrected chi connectivity index (χ2v) is 7.73. The van der Waals surface area contributed by atoms with E-state index in [1.165, 1.54) is 19.3 Å². The number of rotatable bonds is 5. The molecule has 1 fully saturated rings. The maximum atomic E-state index is 12.4. The monoisotopic (exact) mass is 331 g/mol. The Bertz CT molecular complexity index is 537. The number of hydrogen-bond acceptors (Lipinski definition) is 4. The molecule has 0 bridgehead atoms. The molecule has 0 aromatic heterocycles. The molecule has 1 saturated carbocycles. The largest absolute Gasteiger partial charge is 0.271 e. The van der Waals surface area contributed by atoms with Crippen molar-refractivity contribution in [3.8, 4) is 12.1 Å². The molecule has 0 N–H and O–H groups in total. The van der Waals surface area contributed by atoms with Gasteiger partial charge in [-0.2, -0.15) is 10.5 Å². The van der Waals surface area contributed by atoms with Crippen molar-refractivity contribution in [1.29, 1.82) is 10.5 Å². The van der Waals surface area contributed by atoms with Gasteiger partial charge in [-0.25, -0.2) is 4.99 Å². The Morgan fingerprint density at radius 3 is 2.43 bits per heavy atom. The topological polar surface area (TPSA) is 77.0 Å². The number of carbonyl (C=O) groups is 1. The van der Waals surface area contributed by atoms with E-state index < -0.39 is 11.3 Å². The standard InChI is InChI=1S/C18H25N3OS/c1-2-3-4-8-11-23-17-15(13-20)18(9-6-5-7-10-18)14(12-19)16(22)21-17/h14-15H,2-11H2,1H3. The zero-order valence-corrected chi connectivity index (χ0v) is 14.7. The number of thioether (sulfide) groups is 1. The average molecular weight is 331 g/mol. The maximum Gasteiger partial charge on any atom is 0.264 e. The van der Waals surface area contributed by atoms with Crippen LogP contribution >= 0.6 is 11.8 Å². The Labute approximate surface area is 143 Å². The number of nitriles is 2. The third-order valence-corrected chi connectivity index (χ3v) is 6.27. The lowest BCUT2D eigenvalue weighted by molar-refractivity contribution is -0.125. The Hall–Kier alpha value is -1.33. The number of unbranched alkanes of at least 4 members (excludes halogenated alkanes) is 3. The molecule has 23 heavy (non-hydrogen) atoms. The van der Waals surface area contributed by atoms with Crippen molar-refractivity contribution in [2.24, 2.45) is 22.2 Å². The van der Waals surface area contributed by atoms with Crippen LogP contribution in [0.25, 0.3) is 0 Å². The molecule has 124 valence electrons. The van der Waals surface area contributed by atoms with Gasteiger partial charge in [-0.05, 0) is 25.0 Å². The summed E-state index contributed by atoms with van der Waals surface area (Å²) in [6, 6.07) is 4.56. The van der Waals surface area contributed by atoms with Gasteiger partial charge in [0, 0.05) is 5.41 Å². The summed E-state index contributed by atoms with van der Waals surface area (Å²) >= 11 is 1.56. The van der Waals surface area contributed by atoms with Gasteiger partial charge < -0.3 is 0 Å². The lowest BCUT2D eigenvalue weighted by atomic mass is 9.58. The van der Waals surface area contributed by atoms with Gasteiger partial charge >= 0.3 is 0 Å². The molecule has 0 aromatic carbocycles. The minimum absolute atomic E-state index is 0.322. The molecule has 0 aromatic rings. The molecule has 0 radical (unpaired) electrons. The third kappa shape index (κ3) is 3.78. The lowest BCUT2D eigenvalue weighted by Gasteiger charge is -2.44. The van der Waals surface area contributed by atoms with Crippen LogP contribution in [0, 0.1) is 39.9 Å². The highest BCUT2D eigenvalue weighted by Crippen LogP contribution is 2.52. The van der Waals surface area contributed by atoms with E-state index in [2.05, 4.69) is 24.1 Å². The van der Waals surface area contributed by atoms with E-state index in [-0.39, 0.29) is 11.8 Å². The average Bonchev–Trinajstić information content (AvgIpc) is 2.56. The van der Waals surface area contributed by atoms with Crippen LogP contribution in [0.3, 0.4) is 0 Å². The molecule has 2 aliphatic rings. The predicted molar refractivity (Wildman–Crippen MR) is 92.8 cm³/mol. The highest BCUT2D eigenvalue weighted by atomic mass is 32.2. The van der Waals surface area contributed by atoms with E-state index >= 15 is 0 Å². The number of hydrogen-bond donors (Lipinski definition) is 0. The fourth-order valence-electron chi connectivity index (χ4n) is 3.87. The van der Waals surface area contributed by atoms with E-state index in [0.717, 1.165) is 44.3 Å². The van der Waals surface area contributed by atoms with Gasteiger partial charge in [-0.1, -0.05) is 45.4 Å². The molecule has 1 amide bonds. The van der Waals surface area contributed by atoms with Crippen LogP contribution in [-0.4, -0.2) is 16.7 Å². The number of carbonyl (C=O) groups excluding carboxylic acids is 1. The molecular formula is C18H25N3OS. The first-order valence-corrected chi connectivity index (χ1v) is 9.72. The second-order valence-electron chi connectivity index (χ2n) is 6.62. The van der Waals surface area contributed by atoms with E-state index in [9.17, 15) is 15.3 Å². The van der Waals surface area contributed by atoms with Crippen molar-refractivity contribution in [1.82, 2.24) is 0 Å².